The maximum absolute atomic E-state index is 11.7. The molecule has 0 aliphatic heterocycles. The van der Waals surface area contributed by atoms with Crippen LogP contribution in [0.5, 0.6) is 0 Å². The first-order valence-electron chi connectivity index (χ1n) is 5.46. The Labute approximate surface area is 84.0 Å². The maximum atomic E-state index is 11.7. The predicted octanol–water partition coefficient (Wildman–Crippen LogP) is 1.05. The zero-order chi connectivity index (χ0) is 10.2. The second-order valence-electron chi connectivity index (χ2n) is 4.61. The second-order valence-corrected chi connectivity index (χ2v) is 4.61. The molecule has 0 unspecified atom stereocenters. The quantitative estimate of drug-likeness (QED) is 0.636. The first-order chi connectivity index (χ1) is 6.69. The predicted molar refractivity (Wildman–Crippen MR) is 52.7 cm³/mol. The Morgan fingerprint density at radius 3 is 2.07 bits per heavy atom. The highest BCUT2D eigenvalue weighted by molar-refractivity contribution is 6.12. The Bertz CT molecular complexity index is 246. The highest BCUT2D eigenvalue weighted by Crippen LogP contribution is 2.45. The Morgan fingerprint density at radius 1 is 1.14 bits per heavy atom. The fourth-order valence-electron chi connectivity index (χ4n) is 2.82. The lowest BCUT2D eigenvalue weighted by molar-refractivity contribution is -0.137. The van der Waals surface area contributed by atoms with Crippen molar-refractivity contribution in [3.8, 4) is 0 Å². The lowest BCUT2D eigenvalue weighted by Gasteiger charge is -2.34. The highest BCUT2D eigenvalue weighted by Gasteiger charge is 2.50. The average molecular weight is 195 g/mol. The topological polar surface area (TPSA) is 60.2 Å². The molecule has 3 heteroatoms. The minimum atomic E-state index is -0.564. The molecule has 2 aliphatic rings. The van der Waals surface area contributed by atoms with Gasteiger partial charge in [0, 0.05) is 12.8 Å². The van der Waals surface area contributed by atoms with Crippen molar-refractivity contribution in [2.24, 2.45) is 17.1 Å². The standard InChI is InChI=1S/C11H17NO2/c12-7-8-3-5-11(6-4-8)9(13)1-2-10(11)14/h8H,1-7,12H2. The molecule has 0 aromatic carbocycles. The number of ketones is 2. The van der Waals surface area contributed by atoms with E-state index in [1.807, 2.05) is 0 Å². The van der Waals surface area contributed by atoms with Gasteiger partial charge in [0.2, 0.25) is 0 Å². The first-order valence-corrected chi connectivity index (χ1v) is 5.46. The molecule has 3 nitrogen and oxygen atoms in total. The molecule has 0 aromatic heterocycles. The summed E-state index contributed by atoms with van der Waals surface area (Å²) >= 11 is 0. The van der Waals surface area contributed by atoms with Gasteiger partial charge in [-0.15, -0.1) is 0 Å². The number of carbonyl (C=O) groups is 2. The van der Waals surface area contributed by atoms with E-state index in [1.165, 1.54) is 0 Å². The van der Waals surface area contributed by atoms with Gasteiger partial charge in [0.1, 0.15) is 11.6 Å². The molecule has 2 rings (SSSR count). The molecule has 2 saturated carbocycles. The van der Waals surface area contributed by atoms with E-state index in [0.29, 0.717) is 25.3 Å². The fourth-order valence-corrected chi connectivity index (χ4v) is 2.82. The van der Waals surface area contributed by atoms with E-state index in [1.54, 1.807) is 0 Å². The number of rotatable bonds is 1. The molecule has 0 heterocycles. The van der Waals surface area contributed by atoms with Gasteiger partial charge < -0.3 is 5.73 Å². The Kier molecular flexibility index (Phi) is 2.43. The van der Waals surface area contributed by atoms with E-state index in [2.05, 4.69) is 0 Å². The summed E-state index contributed by atoms with van der Waals surface area (Å²) in [7, 11) is 0. The fraction of sp³-hybridized carbons (Fsp3) is 0.818. The van der Waals surface area contributed by atoms with Crippen LogP contribution >= 0.6 is 0 Å². The smallest absolute Gasteiger partial charge is 0.146 e. The molecule has 0 radical (unpaired) electrons. The van der Waals surface area contributed by atoms with E-state index in [0.717, 1.165) is 25.7 Å². The average Bonchev–Trinajstić information content (AvgIpc) is 2.49. The molecular weight excluding hydrogens is 178 g/mol. The zero-order valence-electron chi connectivity index (χ0n) is 8.42. The third-order valence-corrected chi connectivity index (χ3v) is 3.94. The summed E-state index contributed by atoms with van der Waals surface area (Å²) in [6.45, 7) is 0.693. The number of hydrogen-bond donors (Lipinski definition) is 1. The number of nitrogens with two attached hydrogens (primary N) is 1. The zero-order valence-corrected chi connectivity index (χ0v) is 8.42. The van der Waals surface area contributed by atoms with Crippen molar-refractivity contribution in [3.05, 3.63) is 0 Å². The van der Waals surface area contributed by atoms with E-state index in [9.17, 15) is 9.59 Å². The van der Waals surface area contributed by atoms with Gasteiger partial charge in [-0.25, -0.2) is 0 Å². The minimum absolute atomic E-state index is 0.193. The third-order valence-electron chi connectivity index (χ3n) is 3.94. The molecule has 78 valence electrons. The van der Waals surface area contributed by atoms with Gasteiger partial charge in [0.05, 0.1) is 5.41 Å². The summed E-state index contributed by atoms with van der Waals surface area (Å²) in [5, 5.41) is 0. The second kappa shape index (κ2) is 3.46. The molecule has 0 amide bonds. The van der Waals surface area contributed by atoms with Crippen LogP contribution in [0, 0.1) is 11.3 Å². The number of Topliss-reactive ketones (excluding diaryl/α,β-unsaturated/α-hetero) is 2. The van der Waals surface area contributed by atoms with Crippen LogP contribution < -0.4 is 5.73 Å². The monoisotopic (exact) mass is 195 g/mol. The van der Waals surface area contributed by atoms with Gasteiger partial charge in [-0.1, -0.05) is 0 Å². The lowest BCUT2D eigenvalue weighted by atomic mass is 9.68. The van der Waals surface area contributed by atoms with Gasteiger partial charge >= 0.3 is 0 Å². The van der Waals surface area contributed by atoms with Crippen molar-refractivity contribution in [2.45, 2.75) is 38.5 Å². The van der Waals surface area contributed by atoms with Crippen molar-refractivity contribution in [1.29, 1.82) is 0 Å². The van der Waals surface area contributed by atoms with Crippen molar-refractivity contribution in [1.82, 2.24) is 0 Å². The van der Waals surface area contributed by atoms with Crippen molar-refractivity contribution in [3.63, 3.8) is 0 Å². The molecule has 0 saturated heterocycles. The van der Waals surface area contributed by atoms with Crippen LogP contribution in [-0.2, 0) is 9.59 Å². The van der Waals surface area contributed by atoms with Crippen LogP contribution in [0.25, 0.3) is 0 Å². The molecular formula is C11H17NO2. The Hall–Kier alpha value is -0.700. The molecule has 0 bridgehead atoms. The van der Waals surface area contributed by atoms with E-state index in [4.69, 9.17) is 5.73 Å². The lowest BCUT2D eigenvalue weighted by Crippen LogP contribution is -2.38. The van der Waals surface area contributed by atoms with Gasteiger partial charge in [-0.05, 0) is 38.1 Å². The van der Waals surface area contributed by atoms with Crippen LogP contribution in [0.2, 0.25) is 0 Å². The van der Waals surface area contributed by atoms with E-state index in [-0.39, 0.29) is 11.6 Å². The third kappa shape index (κ3) is 1.31. The van der Waals surface area contributed by atoms with E-state index >= 15 is 0 Å². The van der Waals surface area contributed by atoms with E-state index < -0.39 is 5.41 Å². The van der Waals surface area contributed by atoms with Crippen LogP contribution in [0.3, 0.4) is 0 Å². The summed E-state index contributed by atoms with van der Waals surface area (Å²) in [4.78, 5) is 23.4. The first kappa shape index (κ1) is 9.84. The molecule has 2 N–H and O–H groups in total. The number of carbonyl (C=O) groups excluding carboxylic acids is 2. The van der Waals surface area contributed by atoms with Crippen molar-refractivity contribution < 1.29 is 9.59 Å². The normalized spacial score (nSPS) is 27.5. The van der Waals surface area contributed by atoms with Gasteiger partial charge in [-0.3, -0.25) is 9.59 Å². The minimum Gasteiger partial charge on any atom is -0.330 e. The largest absolute Gasteiger partial charge is 0.330 e. The van der Waals surface area contributed by atoms with Crippen LogP contribution in [-0.4, -0.2) is 18.1 Å². The summed E-state index contributed by atoms with van der Waals surface area (Å²) < 4.78 is 0. The molecule has 2 fully saturated rings. The van der Waals surface area contributed by atoms with Crippen molar-refractivity contribution >= 4 is 11.6 Å². The molecule has 14 heavy (non-hydrogen) atoms. The van der Waals surface area contributed by atoms with Gasteiger partial charge in [-0.2, -0.15) is 0 Å². The SMILES string of the molecule is NCC1CCC2(CC1)C(=O)CCC2=O. The number of hydrogen-bond acceptors (Lipinski definition) is 3. The van der Waals surface area contributed by atoms with Crippen LogP contribution in [0.15, 0.2) is 0 Å². The Morgan fingerprint density at radius 2 is 1.64 bits per heavy atom. The molecule has 2 aliphatic carbocycles. The summed E-state index contributed by atoms with van der Waals surface area (Å²) in [6, 6.07) is 0. The summed E-state index contributed by atoms with van der Waals surface area (Å²) in [6.07, 6.45) is 4.37. The molecule has 0 aromatic rings. The van der Waals surface area contributed by atoms with Crippen molar-refractivity contribution in [2.75, 3.05) is 6.54 Å². The van der Waals surface area contributed by atoms with Gasteiger partial charge in [0.25, 0.3) is 0 Å². The maximum Gasteiger partial charge on any atom is 0.146 e. The van der Waals surface area contributed by atoms with Crippen LogP contribution in [0.1, 0.15) is 38.5 Å². The summed E-state index contributed by atoms with van der Waals surface area (Å²) in [5.74, 6) is 0.915. The Balaban J connectivity index is 2.11. The van der Waals surface area contributed by atoms with Gasteiger partial charge in [0.15, 0.2) is 0 Å². The van der Waals surface area contributed by atoms with Crippen LogP contribution in [0.4, 0.5) is 0 Å². The summed E-state index contributed by atoms with van der Waals surface area (Å²) in [5.41, 5.74) is 5.03. The highest BCUT2D eigenvalue weighted by atomic mass is 16.2. The molecule has 1 spiro atoms. The molecule has 0 atom stereocenters.